The second-order valence-electron chi connectivity index (χ2n) is 3.25. The highest BCUT2D eigenvalue weighted by Crippen LogP contribution is 1.90. The van der Waals surface area contributed by atoms with Crippen LogP contribution in [0.2, 0.25) is 0 Å². The van der Waals surface area contributed by atoms with Crippen LogP contribution in [0.15, 0.2) is 0 Å². The molecule has 6 heteroatoms. The van der Waals surface area contributed by atoms with Gasteiger partial charge in [-0.2, -0.15) is 0 Å². The zero-order chi connectivity index (χ0) is 11.2. The lowest BCUT2D eigenvalue weighted by Crippen LogP contribution is -2.31. The summed E-state index contributed by atoms with van der Waals surface area (Å²) in [5, 5.41) is 0. The third-order valence-electron chi connectivity index (χ3n) is 1.63. The molecule has 0 radical (unpaired) electrons. The molecule has 5 nitrogen and oxygen atoms in total. The lowest BCUT2D eigenvalue weighted by atomic mass is 10.4. The Morgan fingerprint density at radius 3 is 2.36 bits per heavy atom. The highest BCUT2D eigenvalue weighted by molar-refractivity contribution is 7.89. The molecule has 84 valence electrons. The largest absolute Gasteiger partial charge is 0.349 e. The smallest absolute Gasteiger partial charge is 0.223 e. The first-order valence-corrected chi connectivity index (χ1v) is 6.21. The van der Waals surface area contributed by atoms with Crippen LogP contribution in [-0.2, 0) is 14.8 Å². The number of nitrogens with zero attached hydrogens (tertiary/aromatic N) is 1. The number of amides is 1. The van der Waals surface area contributed by atoms with Gasteiger partial charge in [-0.05, 0) is 6.42 Å². The van der Waals surface area contributed by atoms with Crippen molar-refractivity contribution < 1.29 is 13.2 Å². The third kappa shape index (κ3) is 5.93. The molecule has 0 rings (SSSR count). The van der Waals surface area contributed by atoms with E-state index in [1.54, 1.807) is 21.0 Å². The maximum Gasteiger partial charge on any atom is 0.223 e. The Morgan fingerprint density at radius 1 is 1.36 bits per heavy atom. The first-order valence-electron chi connectivity index (χ1n) is 4.56. The number of carbonyl (C=O) groups excluding carboxylic acids is 1. The second kappa shape index (κ2) is 5.98. The van der Waals surface area contributed by atoms with E-state index >= 15 is 0 Å². The van der Waals surface area contributed by atoms with Crippen LogP contribution in [0.1, 0.15) is 19.8 Å². The summed E-state index contributed by atoms with van der Waals surface area (Å²) in [4.78, 5) is 12.5. The van der Waals surface area contributed by atoms with Crippen molar-refractivity contribution in [2.45, 2.75) is 19.8 Å². The molecule has 0 aromatic rings. The molecule has 0 saturated heterocycles. The zero-order valence-electron chi connectivity index (χ0n) is 8.91. The minimum absolute atomic E-state index is 0.0794. The summed E-state index contributed by atoms with van der Waals surface area (Å²) in [5.74, 6) is 0.0348. The average Bonchev–Trinajstić information content (AvgIpc) is 2.03. The molecule has 0 fully saturated rings. The van der Waals surface area contributed by atoms with Crippen molar-refractivity contribution in [1.82, 2.24) is 9.62 Å². The Kier molecular flexibility index (Phi) is 5.71. The van der Waals surface area contributed by atoms with Gasteiger partial charge in [0.2, 0.25) is 15.9 Å². The summed E-state index contributed by atoms with van der Waals surface area (Å²) >= 11 is 0. The predicted molar refractivity (Wildman–Crippen MR) is 55.4 cm³/mol. The summed E-state index contributed by atoms with van der Waals surface area (Å²) < 4.78 is 24.7. The Labute approximate surface area is 85.5 Å². The van der Waals surface area contributed by atoms with Gasteiger partial charge in [0.1, 0.15) is 0 Å². The monoisotopic (exact) mass is 222 g/mol. The standard InChI is InChI=1S/C8H18N2O3S/c1-4-7-14(12,13)9-6-5-8(11)10(2)3/h9H,4-7H2,1-3H3. The van der Waals surface area contributed by atoms with Crippen molar-refractivity contribution in [3.63, 3.8) is 0 Å². The lowest BCUT2D eigenvalue weighted by Gasteiger charge is -2.10. The van der Waals surface area contributed by atoms with Crippen LogP contribution in [0.4, 0.5) is 0 Å². The Balaban J connectivity index is 3.80. The van der Waals surface area contributed by atoms with Crippen molar-refractivity contribution in [2.24, 2.45) is 0 Å². The Hall–Kier alpha value is -0.620. The Bertz CT molecular complexity index is 272. The quantitative estimate of drug-likeness (QED) is 0.676. The van der Waals surface area contributed by atoms with E-state index in [1.807, 2.05) is 0 Å². The number of hydrogen-bond acceptors (Lipinski definition) is 3. The molecular formula is C8H18N2O3S. The minimum Gasteiger partial charge on any atom is -0.349 e. The van der Waals surface area contributed by atoms with Crippen molar-refractivity contribution in [1.29, 1.82) is 0 Å². The van der Waals surface area contributed by atoms with Crippen LogP contribution in [0.3, 0.4) is 0 Å². The second-order valence-corrected chi connectivity index (χ2v) is 5.18. The van der Waals surface area contributed by atoms with E-state index < -0.39 is 10.0 Å². The fourth-order valence-corrected chi connectivity index (χ4v) is 1.97. The fraction of sp³-hybridized carbons (Fsp3) is 0.875. The van der Waals surface area contributed by atoms with E-state index in [9.17, 15) is 13.2 Å². The van der Waals surface area contributed by atoms with E-state index in [1.165, 1.54) is 4.90 Å². The van der Waals surface area contributed by atoms with Crippen LogP contribution < -0.4 is 4.72 Å². The number of nitrogens with one attached hydrogen (secondary N) is 1. The Morgan fingerprint density at radius 2 is 1.93 bits per heavy atom. The maximum absolute atomic E-state index is 11.1. The van der Waals surface area contributed by atoms with Crippen LogP contribution >= 0.6 is 0 Å². The van der Waals surface area contributed by atoms with Gasteiger partial charge in [0.05, 0.1) is 5.75 Å². The van der Waals surface area contributed by atoms with Gasteiger partial charge in [-0.15, -0.1) is 0 Å². The molecule has 0 spiro atoms. The van der Waals surface area contributed by atoms with Gasteiger partial charge in [0.15, 0.2) is 0 Å². The highest BCUT2D eigenvalue weighted by atomic mass is 32.2. The molecule has 0 aliphatic heterocycles. The molecule has 1 amide bonds. The van der Waals surface area contributed by atoms with Gasteiger partial charge in [-0.25, -0.2) is 13.1 Å². The topological polar surface area (TPSA) is 66.5 Å². The van der Waals surface area contributed by atoms with E-state index in [-0.39, 0.29) is 24.6 Å². The van der Waals surface area contributed by atoms with Gasteiger partial charge in [-0.1, -0.05) is 6.92 Å². The molecule has 0 aliphatic carbocycles. The van der Waals surface area contributed by atoms with Crippen LogP contribution in [-0.4, -0.2) is 45.6 Å². The first-order chi connectivity index (χ1) is 6.39. The molecule has 0 atom stereocenters. The molecule has 0 aromatic heterocycles. The molecular weight excluding hydrogens is 204 g/mol. The van der Waals surface area contributed by atoms with Crippen LogP contribution in [0.25, 0.3) is 0 Å². The van der Waals surface area contributed by atoms with Crippen molar-refractivity contribution in [2.75, 3.05) is 26.4 Å². The van der Waals surface area contributed by atoms with Crippen molar-refractivity contribution in [3.05, 3.63) is 0 Å². The van der Waals surface area contributed by atoms with Gasteiger partial charge in [0.25, 0.3) is 0 Å². The van der Waals surface area contributed by atoms with Gasteiger partial charge >= 0.3 is 0 Å². The third-order valence-corrected chi connectivity index (χ3v) is 3.22. The summed E-state index contributed by atoms with van der Waals surface area (Å²) in [5.41, 5.74) is 0. The first kappa shape index (κ1) is 13.4. The van der Waals surface area contributed by atoms with Crippen molar-refractivity contribution in [3.8, 4) is 0 Å². The van der Waals surface area contributed by atoms with Crippen molar-refractivity contribution >= 4 is 15.9 Å². The van der Waals surface area contributed by atoms with Crippen LogP contribution in [0, 0.1) is 0 Å². The van der Waals surface area contributed by atoms with Crippen LogP contribution in [0.5, 0.6) is 0 Å². The summed E-state index contributed by atoms with van der Waals surface area (Å²) in [7, 11) is 0.110. The number of carbonyl (C=O) groups is 1. The SMILES string of the molecule is CCCS(=O)(=O)NCCC(=O)N(C)C. The average molecular weight is 222 g/mol. The number of hydrogen-bond donors (Lipinski definition) is 1. The zero-order valence-corrected chi connectivity index (χ0v) is 9.73. The molecule has 0 unspecified atom stereocenters. The molecule has 0 saturated carbocycles. The summed E-state index contributed by atoms with van der Waals surface area (Å²) in [6, 6.07) is 0. The van der Waals surface area contributed by atoms with E-state index in [0.29, 0.717) is 6.42 Å². The van der Waals surface area contributed by atoms with Gasteiger partial charge in [-0.3, -0.25) is 4.79 Å². The molecule has 1 N–H and O–H groups in total. The maximum atomic E-state index is 11.1. The van der Waals surface area contributed by atoms with E-state index in [4.69, 9.17) is 0 Å². The summed E-state index contributed by atoms with van der Waals surface area (Å²) in [6.45, 7) is 1.98. The fourth-order valence-electron chi connectivity index (χ4n) is 0.878. The lowest BCUT2D eigenvalue weighted by molar-refractivity contribution is -0.128. The summed E-state index contributed by atoms with van der Waals surface area (Å²) in [6.07, 6.45) is 0.785. The van der Waals surface area contributed by atoms with Gasteiger partial charge in [0, 0.05) is 27.1 Å². The van der Waals surface area contributed by atoms with E-state index in [2.05, 4.69) is 4.72 Å². The normalized spacial score (nSPS) is 11.4. The molecule has 0 bridgehead atoms. The van der Waals surface area contributed by atoms with E-state index in [0.717, 1.165) is 0 Å². The highest BCUT2D eigenvalue weighted by Gasteiger charge is 2.09. The molecule has 0 aliphatic rings. The molecule has 14 heavy (non-hydrogen) atoms. The van der Waals surface area contributed by atoms with Gasteiger partial charge < -0.3 is 4.90 Å². The number of rotatable bonds is 6. The molecule has 0 heterocycles. The predicted octanol–water partition coefficient (Wildman–Crippen LogP) is -0.206. The molecule has 0 aromatic carbocycles. The minimum atomic E-state index is -3.17. The number of sulfonamides is 1.